The van der Waals surface area contributed by atoms with E-state index >= 15 is 0 Å². The van der Waals surface area contributed by atoms with Crippen LogP contribution in [0.25, 0.3) is 11.4 Å². The normalized spacial score (nSPS) is 10.4. The largest absolute Gasteiger partial charge is 0.494 e. The van der Waals surface area contributed by atoms with Gasteiger partial charge in [0.1, 0.15) is 11.9 Å². The average Bonchev–Trinajstić information content (AvgIpc) is 3.43. The van der Waals surface area contributed by atoms with Crippen LogP contribution >= 0.6 is 0 Å². The molecule has 0 radical (unpaired) electrons. The van der Waals surface area contributed by atoms with Crippen molar-refractivity contribution in [3.8, 4) is 17.1 Å². The zero-order valence-corrected chi connectivity index (χ0v) is 22.4. The molecule has 4 rings (SSSR count). The van der Waals surface area contributed by atoms with Gasteiger partial charge in [0.15, 0.2) is 17.4 Å². The summed E-state index contributed by atoms with van der Waals surface area (Å²) in [7, 11) is 5.21. The fourth-order valence-corrected chi connectivity index (χ4v) is 3.58. The summed E-state index contributed by atoms with van der Waals surface area (Å²) in [6, 6.07) is 5.50. The van der Waals surface area contributed by atoms with Gasteiger partial charge in [0, 0.05) is 20.3 Å². The Morgan fingerprint density at radius 3 is 2.43 bits per heavy atom. The molecule has 0 saturated heterocycles. The first-order chi connectivity index (χ1) is 17.8. The fraction of sp³-hybridized carbons (Fsp3) is 0.360. The Morgan fingerprint density at radius 2 is 1.84 bits per heavy atom. The Balaban J connectivity index is 0.00000186. The summed E-state index contributed by atoms with van der Waals surface area (Å²) >= 11 is 0. The third kappa shape index (κ3) is 5.85. The molecule has 0 atom stereocenters. The molecule has 12 heteroatoms. The van der Waals surface area contributed by atoms with Crippen LogP contribution in [0.5, 0.6) is 5.75 Å². The monoisotopic (exact) mass is 507 g/mol. The van der Waals surface area contributed by atoms with Gasteiger partial charge in [-0.15, -0.1) is 0 Å². The zero-order chi connectivity index (χ0) is 27.1. The Labute approximate surface area is 216 Å². The highest BCUT2D eigenvalue weighted by molar-refractivity contribution is 5.96. The molecule has 2 N–H and O–H groups in total. The molecule has 0 aliphatic heterocycles. The van der Waals surface area contributed by atoms with Gasteiger partial charge in [0.25, 0.3) is 0 Å². The number of aromatic nitrogens is 7. The number of carbonyl (C=O) groups is 1. The quantitative estimate of drug-likeness (QED) is 0.332. The van der Waals surface area contributed by atoms with Crippen LogP contribution in [0, 0.1) is 13.8 Å². The van der Waals surface area contributed by atoms with Crippen LogP contribution in [0.15, 0.2) is 30.7 Å². The van der Waals surface area contributed by atoms with Gasteiger partial charge >= 0.3 is 5.97 Å². The number of anilines is 4. The van der Waals surface area contributed by atoms with Gasteiger partial charge in [-0.1, -0.05) is 19.9 Å². The standard InChI is InChI=1S/C23H27N9O3.C2H6/c1-7-35-22(33)16-11-24-23(27-18-13(2)29-32(5)14(18)3)28-21(16)26-17-10-8-9-15(19(17)34-6)20-25-12-31(4)30-20;1-2/h8-12H,7H2,1-6H3,(H2,24,26,27,28);1-2H3. The van der Waals surface area contributed by atoms with Crippen molar-refractivity contribution in [1.29, 1.82) is 0 Å². The summed E-state index contributed by atoms with van der Waals surface area (Å²) in [4.78, 5) is 25.9. The van der Waals surface area contributed by atoms with Gasteiger partial charge in [-0.3, -0.25) is 9.36 Å². The van der Waals surface area contributed by atoms with E-state index in [2.05, 4.69) is 35.8 Å². The Bertz CT molecular complexity index is 1380. The summed E-state index contributed by atoms with van der Waals surface area (Å²) in [5.74, 6) is 1.01. The number of hydrogen-bond acceptors (Lipinski definition) is 10. The number of rotatable bonds is 8. The minimum absolute atomic E-state index is 0.181. The van der Waals surface area contributed by atoms with Crippen molar-refractivity contribution in [2.75, 3.05) is 24.4 Å². The highest BCUT2D eigenvalue weighted by atomic mass is 16.5. The Kier molecular flexibility index (Phi) is 8.77. The third-order valence-corrected chi connectivity index (χ3v) is 5.34. The number of para-hydroxylation sites is 1. The summed E-state index contributed by atoms with van der Waals surface area (Å²) in [6.07, 6.45) is 3.03. The SMILES string of the molecule is CC.CCOC(=O)c1cnc(Nc2c(C)nn(C)c2C)nc1Nc1cccc(-c2ncn(C)n2)c1OC. The number of esters is 1. The zero-order valence-electron chi connectivity index (χ0n) is 22.4. The lowest BCUT2D eigenvalue weighted by molar-refractivity contribution is 0.0526. The molecule has 0 bridgehead atoms. The first-order valence-corrected chi connectivity index (χ1v) is 11.9. The van der Waals surface area contributed by atoms with Crippen molar-refractivity contribution in [1.82, 2.24) is 34.5 Å². The maximum Gasteiger partial charge on any atom is 0.343 e. The van der Waals surface area contributed by atoms with Gasteiger partial charge in [0.2, 0.25) is 5.95 Å². The number of carbonyl (C=O) groups excluding carboxylic acids is 1. The molecule has 0 saturated carbocycles. The molecule has 196 valence electrons. The number of hydrogen-bond donors (Lipinski definition) is 2. The molecular formula is C25H33N9O3. The van der Waals surface area contributed by atoms with Crippen LogP contribution in [0.2, 0.25) is 0 Å². The van der Waals surface area contributed by atoms with Crippen molar-refractivity contribution < 1.29 is 14.3 Å². The van der Waals surface area contributed by atoms with E-state index < -0.39 is 5.97 Å². The van der Waals surface area contributed by atoms with Gasteiger partial charge in [-0.25, -0.2) is 14.8 Å². The van der Waals surface area contributed by atoms with Crippen molar-refractivity contribution in [3.05, 3.63) is 47.7 Å². The van der Waals surface area contributed by atoms with Gasteiger partial charge < -0.3 is 20.1 Å². The van der Waals surface area contributed by atoms with Crippen molar-refractivity contribution in [2.24, 2.45) is 14.1 Å². The lowest BCUT2D eigenvalue weighted by atomic mass is 10.1. The highest BCUT2D eigenvalue weighted by Crippen LogP contribution is 2.37. The van der Waals surface area contributed by atoms with E-state index in [0.717, 1.165) is 17.1 Å². The number of benzene rings is 1. The number of aryl methyl sites for hydroxylation is 3. The maximum atomic E-state index is 12.7. The second kappa shape index (κ2) is 12.0. The van der Waals surface area contributed by atoms with Gasteiger partial charge in [-0.05, 0) is 32.9 Å². The van der Waals surface area contributed by atoms with Gasteiger partial charge in [0.05, 0.1) is 42.0 Å². The van der Waals surface area contributed by atoms with E-state index in [0.29, 0.717) is 28.8 Å². The first-order valence-electron chi connectivity index (χ1n) is 11.9. The second-order valence-corrected chi connectivity index (χ2v) is 7.72. The molecule has 37 heavy (non-hydrogen) atoms. The minimum atomic E-state index is -0.545. The van der Waals surface area contributed by atoms with Crippen LogP contribution in [-0.4, -0.2) is 54.2 Å². The predicted octanol–water partition coefficient (Wildman–Crippen LogP) is 4.32. The summed E-state index contributed by atoms with van der Waals surface area (Å²) in [5, 5.41) is 15.2. The third-order valence-electron chi connectivity index (χ3n) is 5.34. The molecule has 0 amide bonds. The average molecular weight is 508 g/mol. The highest BCUT2D eigenvalue weighted by Gasteiger charge is 2.21. The number of nitrogens with one attached hydrogen (secondary N) is 2. The lowest BCUT2D eigenvalue weighted by Crippen LogP contribution is -2.12. The smallest absolute Gasteiger partial charge is 0.343 e. The molecule has 1 aromatic carbocycles. The van der Waals surface area contributed by atoms with Crippen molar-refractivity contribution in [3.63, 3.8) is 0 Å². The summed E-state index contributed by atoms with van der Waals surface area (Å²) in [5.41, 5.74) is 3.96. The maximum absolute atomic E-state index is 12.7. The van der Waals surface area contributed by atoms with Crippen LogP contribution in [0.1, 0.15) is 42.5 Å². The van der Waals surface area contributed by atoms with Crippen LogP contribution < -0.4 is 15.4 Å². The Morgan fingerprint density at radius 1 is 1.08 bits per heavy atom. The molecule has 3 heterocycles. The molecule has 0 spiro atoms. The van der Waals surface area contributed by atoms with Crippen LogP contribution in [0.3, 0.4) is 0 Å². The number of nitrogens with zero attached hydrogens (tertiary/aromatic N) is 7. The van der Waals surface area contributed by atoms with E-state index in [-0.39, 0.29) is 18.0 Å². The van der Waals surface area contributed by atoms with Gasteiger partial charge in [-0.2, -0.15) is 15.2 Å². The number of methoxy groups -OCH3 is 1. The number of ether oxygens (including phenoxy) is 2. The topological polar surface area (TPSA) is 134 Å². The first kappa shape index (κ1) is 27.1. The molecule has 0 fully saturated rings. The van der Waals surface area contributed by atoms with E-state index in [1.54, 1.807) is 36.8 Å². The predicted molar refractivity (Wildman–Crippen MR) is 142 cm³/mol. The molecule has 0 aliphatic rings. The summed E-state index contributed by atoms with van der Waals surface area (Å²) < 4.78 is 14.3. The molecule has 0 aliphatic carbocycles. The minimum Gasteiger partial charge on any atom is -0.494 e. The van der Waals surface area contributed by atoms with E-state index in [9.17, 15) is 4.79 Å². The fourth-order valence-electron chi connectivity index (χ4n) is 3.58. The van der Waals surface area contributed by atoms with E-state index in [1.807, 2.05) is 52.9 Å². The lowest BCUT2D eigenvalue weighted by Gasteiger charge is -2.16. The molecule has 4 aromatic rings. The Hall–Kier alpha value is -4.48. The molecular weight excluding hydrogens is 474 g/mol. The van der Waals surface area contributed by atoms with E-state index in [1.165, 1.54) is 6.20 Å². The molecule has 12 nitrogen and oxygen atoms in total. The van der Waals surface area contributed by atoms with Crippen molar-refractivity contribution in [2.45, 2.75) is 34.6 Å². The second-order valence-electron chi connectivity index (χ2n) is 7.72. The molecule has 3 aromatic heterocycles. The molecule has 0 unspecified atom stereocenters. The summed E-state index contributed by atoms with van der Waals surface area (Å²) in [6.45, 7) is 9.79. The van der Waals surface area contributed by atoms with E-state index in [4.69, 9.17) is 9.47 Å². The van der Waals surface area contributed by atoms with Crippen LogP contribution in [0.4, 0.5) is 23.1 Å². The van der Waals surface area contributed by atoms with Crippen LogP contribution in [-0.2, 0) is 18.8 Å². The van der Waals surface area contributed by atoms with Crippen molar-refractivity contribution >= 4 is 29.1 Å².